The second-order valence-electron chi connectivity index (χ2n) is 4.03. The molecule has 2 heterocycles. The average molecular weight is 291 g/mol. The number of nitrogens with zero attached hydrogens (tertiary/aromatic N) is 3. The highest BCUT2D eigenvalue weighted by Crippen LogP contribution is 2.17. The molecule has 1 aromatic heterocycles. The second kappa shape index (κ2) is 5.27. The maximum absolute atomic E-state index is 11.5. The largest absolute Gasteiger partial charge is 0.461 e. The van der Waals surface area contributed by atoms with E-state index in [-0.39, 0.29) is 17.3 Å². The van der Waals surface area contributed by atoms with Crippen molar-refractivity contribution in [3.63, 3.8) is 0 Å². The number of esters is 1. The Morgan fingerprint density at radius 3 is 3.00 bits per heavy atom. The summed E-state index contributed by atoms with van der Waals surface area (Å²) in [6.07, 6.45) is 1.43. The van der Waals surface area contributed by atoms with Crippen LogP contribution in [0, 0.1) is 0 Å². The molecule has 1 aliphatic rings. The number of aryl methyl sites for hydroxylation is 1. The molecule has 0 aliphatic carbocycles. The van der Waals surface area contributed by atoms with Gasteiger partial charge in [-0.2, -0.15) is 0 Å². The topological polar surface area (TPSA) is 91.2 Å². The SMILES string of the molecule is Cn1cnnc1SCC(=O)O[C@@H]1CCS(=O)(=O)C1. The molecule has 2 rings (SSSR count). The van der Waals surface area contributed by atoms with E-state index in [1.807, 2.05) is 0 Å². The molecular formula is C9H13N3O4S2. The van der Waals surface area contributed by atoms with E-state index in [1.165, 1.54) is 18.1 Å². The van der Waals surface area contributed by atoms with Crippen LogP contribution < -0.4 is 0 Å². The molecule has 0 saturated carbocycles. The highest BCUT2D eigenvalue weighted by molar-refractivity contribution is 7.99. The van der Waals surface area contributed by atoms with Gasteiger partial charge in [-0.1, -0.05) is 11.8 Å². The predicted octanol–water partition coefficient (Wildman–Crippen LogP) is -0.363. The summed E-state index contributed by atoms with van der Waals surface area (Å²) in [6, 6.07) is 0. The van der Waals surface area contributed by atoms with Gasteiger partial charge < -0.3 is 9.30 Å². The fraction of sp³-hybridized carbons (Fsp3) is 0.667. The van der Waals surface area contributed by atoms with Crippen LogP contribution in [0.3, 0.4) is 0 Å². The van der Waals surface area contributed by atoms with E-state index >= 15 is 0 Å². The highest BCUT2D eigenvalue weighted by atomic mass is 32.2. The van der Waals surface area contributed by atoms with Crippen molar-refractivity contribution in [2.75, 3.05) is 17.3 Å². The zero-order valence-electron chi connectivity index (χ0n) is 9.77. The lowest BCUT2D eigenvalue weighted by Crippen LogP contribution is -2.20. The molecule has 7 nitrogen and oxygen atoms in total. The molecule has 100 valence electrons. The van der Waals surface area contributed by atoms with Gasteiger partial charge in [-0.05, 0) is 6.42 Å². The molecule has 0 amide bonds. The van der Waals surface area contributed by atoms with Crippen LogP contribution in [0.15, 0.2) is 11.5 Å². The van der Waals surface area contributed by atoms with E-state index in [0.717, 1.165) is 0 Å². The van der Waals surface area contributed by atoms with Crippen molar-refractivity contribution in [3.8, 4) is 0 Å². The van der Waals surface area contributed by atoms with E-state index < -0.39 is 21.9 Å². The Hall–Kier alpha value is -1.09. The van der Waals surface area contributed by atoms with Gasteiger partial charge in [0.05, 0.1) is 17.3 Å². The lowest BCUT2D eigenvalue weighted by Gasteiger charge is -2.09. The molecule has 1 aliphatic heterocycles. The predicted molar refractivity (Wildman–Crippen MR) is 64.9 cm³/mol. The van der Waals surface area contributed by atoms with Gasteiger partial charge in [0.2, 0.25) is 0 Å². The molecule has 9 heteroatoms. The standard InChI is InChI=1S/C9H13N3O4S2/c1-12-6-10-11-9(12)17-4-8(13)16-7-2-3-18(14,15)5-7/h6-7H,2-5H2,1H3/t7-/m1/s1. The Kier molecular flexibility index (Phi) is 3.91. The van der Waals surface area contributed by atoms with Crippen molar-refractivity contribution in [1.82, 2.24) is 14.8 Å². The van der Waals surface area contributed by atoms with Gasteiger partial charge in [0.15, 0.2) is 15.0 Å². The van der Waals surface area contributed by atoms with Crippen LogP contribution in [0.1, 0.15) is 6.42 Å². The summed E-state index contributed by atoms with van der Waals surface area (Å²) < 4.78 is 29.2. The zero-order chi connectivity index (χ0) is 13.2. The van der Waals surface area contributed by atoms with Crippen molar-refractivity contribution in [3.05, 3.63) is 6.33 Å². The summed E-state index contributed by atoms with van der Waals surface area (Å²) >= 11 is 1.21. The molecule has 1 aromatic rings. The van der Waals surface area contributed by atoms with Crippen LogP contribution in [0.25, 0.3) is 0 Å². The minimum atomic E-state index is -3.02. The Labute approximate surface area is 109 Å². The van der Waals surface area contributed by atoms with E-state index in [2.05, 4.69) is 10.2 Å². The van der Waals surface area contributed by atoms with E-state index in [4.69, 9.17) is 4.74 Å². The van der Waals surface area contributed by atoms with Crippen LogP contribution in [-0.2, 0) is 26.4 Å². The molecule has 18 heavy (non-hydrogen) atoms. The van der Waals surface area contributed by atoms with Crippen molar-refractivity contribution in [2.45, 2.75) is 17.7 Å². The van der Waals surface area contributed by atoms with Crippen molar-refractivity contribution in [1.29, 1.82) is 0 Å². The van der Waals surface area contributed by atoms with E-state index in [9.17, 15) is 13.2 Å². The number of aromatic nitrogens is 3. The maximum atomic E-state index is 11.5. The van der Waals surface area contributed by atoms with Gasteiger partial charge in [-0.15, -0.1) is 10.2 Å². The quantitative estimate of drug-likeness (QED) is 0.552. The Morgan fingerprint density at radius 1 is 1.67 bits per heavy atom. The number of carbonyl (C=O) groups is 1. The maximum Gasteiger partial charge on any atom is 0.316 e. The smallest absolute Gasteiger partial charge is 0.316 e. The van der Waals surface area contributed by atoms with Gasteiger partial charge in [-0.25, -0.2) is 8.42 Å². The normalized spacial score (nSPS) is 21.9. The molecule has 1 atom stereocenters. The van der Waals surface area contributed by atoms with Crippen LogP contribution in [0.5, 0.6) is 0 Å². The fourth-order valence-corrected chi connectivity index (χ4v) is 3.86. The van der Waals surface area contributed by atoms with Crippen LogP contribution in [-0.4, -0.2) is 52.5 Å². The van der Waals surface area contributed by atoms with Gasteiger partial charge >= 0.3 is 5.97 Å². The van der Waals surface area contributed by atoms with Gasteiger partial charge in [0, 0.05) is 7.05 Å². The third kappa shape index (κ3) is 3.45. The molecular weight excluding hydrogens is 278 g/mol. The van der Waals surface area contributed by atoms with Gasteiger partial charge in [-0.3, -0.25) is 4.79 Å². The summed E-state index contributed by atoms with van der Waals surface area (Å²) in [5, 5.41) is 8.11. The Morgan fingerprint density at radius 2 is 2.44 bits per heavy atom. The minimum Gasteiger partial charge on any atom is -0.461 e. The molecule has 0 radical (unpaired) electrons. The third-order valence-electron chi connectivity index (χ3n) is 2.48. The van der Waals surface area contributed by atoms with Crippen LogP contribution in [0.4, 0.5) is 0 Å². The first-order valence-corrected chi connectivity index (χ1v) is 8.14. The lowest BCUT2D eigenvalue weighted by atomic mass is 10.3. The molecule has 0 aromatic carbocycles. The van der Waals surface area contributed by atoms with Crippen LogP contribution in [0.2, 0.25) is 0 Å². The summed E-state index contributed by atoms with van der Waals surface area (Å²) in [6.45, 7) is 0. The molecule has 0 spiro atoms. The Balaban J connectivity index is 1.78. The van der Waals surface area contributed by atoms with Crippen molar-refractivity contribution >= 4 is 27.6 Å². The first-order chi connectivity index (χ1) is 8.46. The van der Waals surface area contributed by atoms with E-state index in [0.29, 0.717) is 11.6 Å². The second-order valence-corrected chi connectivity index (χ2v) is 7.20. The fourth-order valence-electron chi connectivity index (χ4n) is 1.60. The minimum absolute atomic E-state index is 0.0621. The lowest BCUT2D eigenvalue weighted by molar-refractivity contribution is -0.144. The highest BCUT2D eigenvalue weighted by Gasteiger charge is 2.30. The number of rotatable bonds is 4. The summed E-state index contributed by atoms with van der Waals surface area (Å²) in [4.78, 5) is 11.5. The Bertz CT molecular complexity index is 540. The zero-order valence-corrected chi connectivity index (χ0v) is 11.4. The molecule has 0 N–H and O–H groups in total. The molecule has 0 unspecified atom stereocenters. The molecule has 1 saturated heterocycles. The average Bonchev–Trinajstić information content (AvgIpc) is 2.82. The van der Waals surface area contributed by atoms with E-state index in [1.54, 1.807) is 11.6 Å². The summed E-state index contributed by atoms with van der Waals surface area (Å²) in [7, 11) is -1.24. The number of hydrogen-bond acceptors (Lipinski definition) is 7. The summed E-state index contributed by atoms with van der Waals surface area (Å²) in [5.74, 6) is -0.289. The number of hydrogen-bond donors (Lipinski definition) is 0. The first kappa shape index (κ1) is 13.3. The number of thioether (sulfide) groups is 1. The molecule has 0 bridgehead atoms. The first-order valence-electron chi connectivity index (χ1n) is 5.33. The summed E-state index contributed by atoms with van der Waals surface area (Å²) in [5.41, 5.74) is 0. The van der Waals surface area contributed by atoms with Crippen molar-refractivity contribution < 1.29 is 17.9 Å². The monoisotopic (exact) mass is 291 g/mol. The molecule has 1 fully saturated rings. The number of sulfone groups is 1. The number of ether oxygens (including phenoxy) is 1. The number of carbonyl (C=O) groups excluding carboxylic acids is 1. The van der Waals surface area contributed by atoms with Gasteiger partial charge in [0.25, 0.3) is 0 Å². The van der Waals surface area contributed by atoms with Gasteiger partial charge in [0.1, 0.15) is 12.4 Å². The third-order valence-corrected chi connectivity index (χ3v) is 5.22. The van der Waals surface area contributed by atoms with Crippen LogP contribution >= 0.6 is 11.8 Å². The van der Waals surface area contributed by atoms with Crippen molar-refractivity contribution in [2.24, 2.45) is 7.05 Å².